The fourth-order valence-electron chi connectivity index (χ4n) is 2.77. The normalized spacial score (nSPS) is 11.4. The van der Waals surface area contributed by atoms with Crippen LogP contribution < -0.4 is 9.81 Å². The fourth-order valence-corrected chi connectivity index (χ4v) is 3.75. The highest BCUT2D eigenvalue weighted by atomic mass is 32.2. The Bertz CT molecular complexity index is 1270. The summed E-state index contributed by atoms with van der Waals surface area (Å²) in [6, 6.07) is 23.3. The topological polar surface area (TPSA) is 73.6 Å². The molecule has 0 bridgehead atoms. The number of hydrogen-bond donors (Lipinski definition) is 0. The SMILES string of the molecule is O=c1ccc2cc(S(=O)(=O)Oc3ccccc3-c3ccccc3)ccc2o1. The third-order valence-electron chi connectivity index (χ3n) is 4.05. The highest BCUT2D eigenvalue weighted by molar-refractivity contribution is 7.87. The zero-order valence-corrected chi connectivity index (χ0v) is 14.8. The Morgan fingerprint density at radius 3 is 2.33 bits per heavy atom. The zero-order valence-electron chi connectivity index (χ0n) is 14.0. The second-order valence-corrected chi connectivity index (χ2v) is 7.40. The molecule has 0 unspecified atom stereocenters. The van der Waals surface area contributed by atoms with E-state index in [0.29, 0.717) is 16.5 Å². The summed E-state index contributed by atoms with van der Waals surface area (Å²) < 4.78 is 36.0. The Morgan fingerprint density at radius 2 is 1.52 bits per heavy atom. The second-order valence-electron chi connectivity index (χ2n) is 5.85. The molecule has 1 heterocycles. The van der Waals surface area contributed by atoms with Crippen molar-refractivity contribution in [2.24, 2.45) is 0 Å². The fraction of sp³-hybridized carbons (Fsp3) is 0. The van der Waals surface area contributed by atoms with Crippen molar-refractivity contribution in [3.63, 3.8) is 0 Å². The summed E-state index contributed by atoms with van der Waals surface area (Å²) in [5.74, 6) is 0.239. The largest absolute Gasteiger partial charge is 0.423 e. The molecule has 4 aromatic rings. The summed E-state index contributed by atoms with van der Waals surface area (Å²) in [5.41, 5.74) is 1.34. The summed E-state index contributed by atoms with van der Waals surface area (Å²) >= 11 is 0. The van der Waals surface area contributed by atoms with Gasteiger partial charge in [0.05, 0.1) is 0 Å². The second kappa shape index (κ2) is 6.74. The van der Waals surface area contributed by atoms with Crippen molar-refractivity contribution >= 4 is 21.1 Å². The first-order chi connectivity index (χ1) is 13.0. The van der Waals surface area contributed by atoms with Crippen molar-refractivity contribution in [2.75, 3.05) is 0 Å². The molecule has 1 aromatic heterocycles. The predicted molar refractivity (Wildman–Crippen MR) is 102 cm³/mol. The summed E-state index contributed by atoms with van der Waals surface area (Å²) in [5, 5.41) is 0.496. The molecule has 0 amide bonds. The van der Waals surface area contributed by atoms with E-state index in [9.17, 15) is 13.2 Å². The molecule has 0 spiro atoms. The zero-order chi connectivity index (χ0) is 18.9. The number of para-hydroxylation sites is 1. The van der Waals surface area contributed by atoms with Gasteiger partial charge in [0.25, 0.3) is 0 Å². The van der Waals surface area contributed by atoms with Crippen LogP contribution >= 0.6 is 0 Å². The van der Waals surface area contributed by atoms with E-state index >= 15 is 0 Å². The molecule has 0 N–H and O–H groups in total. The highest BCUT2D eigenvalue weighted by Crippen LogP contribution is 2.32. The molecule has 4 rings (SSSR count). The van der Waals surface area contributed by atoms with Gasteiger partial charge < -0.3 is 8.60 Å². The molecule has 0 fully saturated rings. The molecule has 0 aliphatic carbocycles. The van der Waals surface area contributed by atoms with Gasteiger partial charge in [0.2, 0.25) is 0 Å². The van der Waals surface area contributed by atoms with Gasteiger partial charge in [-0.1, -0.05) is 48.5 Å². The lowest BCUT2D eigenvalue weighted by Gasteiger charge is -2.12. The lowest BCUT2D eigenvalue weighted by atomic mass is 10.1. The van der Waals surface area contributed by atoms with Gasteiger partial charge in [-0.3, -0.25) is 0 Å². The summed E-state index contributed by atoms with van der Waals surface area (Å²) in [7, 11) is -4.07. The van der Waals surface area contributed by atoms with Crippen LogP contribution in [0.5, 0.6) is 5.75 Å². The quantitative estimate of drug-likeness (QED) is 0.392. The van der Waals surface area contributed by atoms with Crippen molar-refractivity contribution in [3.8, 4) is 16.9 Å². The maximum Gasteiger partial charge on any atom is 0.339 e. The lowest BCUT2D eigenvalue weighted by Crippen LogP contribution is -2.10. The molecule has 0 radical (unpaired) electrons. The first kappa shape index (κ1) is 17.1. The maximum absolute atomic E-state index is 12.8. The van der Waals surface area contributed by atoms with Crippen molar-refractivity contribution in [1.82, 2.24) is 0 Å². The predicted octanol–water partition coefficient (Wildman–Crippen LogP) is 4.23. The average molecular weight is 378 g/mol. The van der Waals surface area contributed by atoms with Crippen molar-refractivity contribution in [2.45, 2.75) is 4.90 Å². The summed E-state index contributed by atoms with van der Waals surface area (Å²) in [6.07, 6.45) is 0. The van der Waals surface area contributed by atoms with Crippen LogP contribution in [-0.4, -0.2) is 8.42 Å². The van der Waals surface area contributed by atoms with Crippen LogP contribution in [0.25, 0.3) is 22.1 Å². The number of rotatable bonds is 4. The summed E-state index contributed by atoms with van der Waals surface area (Å²) in [6.45, 7) is 0. The van der Waals surface area contributed by atoms with Crippen LogP contribution in [0.2, 0.25) is 0 Å². The Kier molecular flexibility index (Phi) is 4.25. The van der Waals surface area contributed by atoms with E-state index in [-0.39, 0.29) is 10.6 Å². The van der Waals surface area contributed by atoms with Crippen molar-refractivity contribution in [1.29, 1.82) is 0 Å². The summed E-state index contributed by atoms with van der Waals surface area (Å²) in [4.78, 5) is 11.2. The first-order valence-corrected chi connectivity index (χ1v) is 9.57. The molecule has 0 atom stereocenters. The number of benzene rings is 3. The molecule has 0 aliphatic heterocycles. The minimum Gasteiger partial charge on any atom is -0.423 e. The van der Waals surface area contributed by atoms with Gasteiger partial charge in [0.1, 0.15) is 10.5 Å². The molecule has 6 heteroatoms. The molecule has 3 aromatic carbocycles. The standard InChI is InChI=1S/C21H14O5S/c22-21-13-10-16-14-17(11-12-19(16)25-21)27(23,24)26-20-9-5-4-8-18(20)15-6-2-1-3-7-15/h1-14H. The smallest absolute Gasteiger partial charge is 0.339 e. The maximum atomic E-state index is 12.8. The van der Waals surface area contributed by atoms with Gasteiger partial charge in [-0.15, -0.1) is 0 Å². The third kappa shape index (κ3) is 3.47. The van der Waals surface area contributed by atoms with Crippen LogP contribution in [-0.2, 0) is 10.1 Å². The van der Waals surface area contributed by atoms with Gasteiger partial charge in [0.15, 0.2) is 5.75 Å². The minimum absolute atomic E-state index is 0.0216. The molecule has 0 aliphatic rings. The Balaban J connectivity index is 1.75. The number of fused-ring (bicyclic) bond motifs is 1. The molecule has 134 valence electrons. The van der Waals surface area contributed by atoms with Crippen LogP contribution in [0.15, 0.2) is 99.0 Å². The van der Waals surface area contributed by atoms with E-state index < -0.39 is 15.7 Å². The Labute approximate surface area is 155 Å². The van der Waals surface area contributed by atoms with Gasteiger partial charge >= 0.3 is 15.7 Å². The Hall–Kier alpha value is -3.38. The van der Waals surface area contributed by atoms with E-state index in [4.69, 9.17) is 8.60 Å². The molecule has 0 saturated heterocycles. The third-order valence-corrected chi connectivity index (χ3v) is 5.28. The molecular formula is C21H14O5S. The van der Waals surface area contributed by atoms with E-state index in [0.717, 1.165) is 5.56 Å². The van der Waals surface area contributed by atoms with Crippen LogP contribution in [0.3, 0.4) is 0 Å². The van der Waals surface area contributed by atoms with Gasteiger partial charge in [-0.05, 0) is 35.9 Å². The molecule has 27 heavy (non-hydrogen) atoms. The molecule has 5 nitrogen and oxygen atoms in total. The van der Waals surface area contributed by atoms with Gasteiger partial charge in [-0.25, -0.2) is 4.79 Å². The van der Waals surface area contributed by atoms with E-state index in [2.05, 4.69) is 0 Å². The van der Waals surface area contributed by atoms with Gasteiger partial charge in [0, 0.05) is 17.0 Å². The van der Waals surface area contributed by atoms with E-state index in [1.807, 2.05) is 36.4 Å². The molecular weight excluding hydrogens is 364 g/mol. The van der Waals surface area contributed by atoms with E-state index in [1.165, 1.54) is 30.3 Å². The van der Waals surface area contributed by atoms with Crippen LogP contribution in [0.4, 0.5) is 0 Å². The highest BCUT2D eigenvalue weighted by Gasteiger charge is 2.19. The first-order valence-electron chi connectivity index (χ1n) is 8.16. The lowest BCUT2D eigenvalue weighted by molar-refractivity contribution is 0.487. The monoisotopic (exact) mass is 378 g/mol. The Morgan fingerprint density at radius 1 is 0.778 bits per heavy atom. The van der Waals surface area contributed by atoms with Crippen molar-refractivity contribution in [3.05, 3.63) is 95.3 Å². The minimum atomic E-state index is -4.07. The van der Waals surface area contributed by atoms with Gasteiger partial charge in [-0.2, -0.15) is 8.42 Å². The number of hydrogen-bond acceptors (Lipinski definition) is 5. The van der Waals surface area contributed by atoms with Crippen LogP contribution in [0, 0.1) is 0 Å². The average Bonchev–Trinajstić information content (AvgIpc) is 2.68. The van der Waals surface area contributed by atoms with E-state index in [1.54, 1.807) is 18.2 Å². The molecule has 0 saturated carbocycles. The van der Waals surface area contributed by atoms with Crippen LogP contribution in [0.1, 0.15) is 0 Å². The van der Waals surface area contributed by atoms with Crippen molar-refractivity contribution < 1.29 is 17.0 Å².